The molecule has 43 heavy (non-hydrogen) atoms. The Kier molecular flexibility index (Phi) is 9.38. The predicted octanol–water partition coefficient (Wildman–Crippen LogP) is 5.31. The summed E-state index contributed by atoms with van der Waals surface area (Å²) in [5.41, 5.74) is 5.33. The molecule has 2 aromatic heterocycles. The second kappa shape index (κ2) is 13.5. The molecule has 0 aliphatic carbocycles. The van der Waals surface area contributed by atoms with Crippen LogP contribution in [0.1, 0.15) is 53.9 Å². The zero-order valence-corrected chi connectivity index (χ0v) is 24.9. The van der Waals surface area contributed by atoms with E-state index in [1.54, 1.807) is 4.57 Å². The van der Waals surface area contributed by atoms with Crippen molar-refractivity contribution in [1.29, 1.82) is 0 Å². The zero-order valence-electron chi connectivity index (χ0n) is 24.9. The van der Waals surface area contributed by atoms with Crippen molar-refractivity contribution in [3.63, 3.8) is 0 Å². The molecule has 0 bridgehead atoms. The molecular weight excluding hydrogens is 544 g/mol. The first-order chi connectivity index (χ1) is 20.9. The SMILES string of the molecule is COC(OC)c1c(CCC(C)C)n(Cc2ccc(-c3ccccc3-c3nn[nH]n3)cc2)c(=O)n1C(=O)Cc1ccccc1. The van der Waals surface area contributed by atoms with Crippen molar-refractivity contribution in [2.24, 2.45) is 5.92 Å². The van der Waals surface area contributed by atoms with Crippen LogP contribution in [0.3, 0.4) is 0 Å². The second-order valence-corrected chi connectivity index (χ2v) is 10.8. The predicted molar refractivity (Wildman–Crippen MR) is 164 cm³/mol. The molecule has 2 heterocycles. The lowest BCUT2D eigenvalue weighted by molar-refractivity contribution is -0.110. The number of H-pyrrole nitrogens is 1. The summed E-state index contributed by atoms with van der Waals surface area (Å²) < 4.78 is 14.2. The van der Waals surface area contributed by atoms with E-state index < -0.39 is 12.0 Å². The number of carbonyl (C=O) groups is 1. The van der Waals surface area contributed by atoms with E-state index in [9.17, 15) is 9.59 Å². The topological polar surface area (TPSA) is 117 Å². The van der Waals surface area contributed by atoms with Crippen LogP contribution in [0.15, 0.2) is 83.7 Å². The van der Waals surface area contributed by atoms with Gasteiger partial charge in [-0.2, -0.15) is 5.21 Å². The van der Waals surface area contributed by atoms with E-state index in [4.69, 9.17) is 9.47 Å². The highest BCUT2D eigenvalue weighted by Gasteiger charge is 2.30. The van der Waals surface area contributed by atoms with Gasteiger partial charge in [-0.25, -0.2) is 9.36 Å². The van der Waals surface area contributed by atoms with Crippen molar-refractivity contribution in [2.75, 3.05) is 14.2 Å². The number of tetrazole rings is 1. The van der Waals surface area contributed by atoms with Gasteiger partial charge in [0.05, 0.1) is 13.0 Å². The number of hydrogen-bond acceptors (Lipinski definition) is 7. The summed E-state index contributed by atoms with van der Waals surface area (Å²) >= 11 is 0. The van der Waals surface area contributed by atoms with Crippen LogP contribution in [0.4, 0.5) is 0 Å². The van der Waals surface area contributed by atoms with E-state index in [-0.39, 0.29) is 18.9 Å². The van der Waals surface area contributed by atoms with E-state index in [1.165, 1.54) is 18.8 Å². The summed E-state index contributed by atoms with van der Waals surface area (Å²) in [6, 6.07) is 25.3. The van der Waals surface area contributed by atoms with Crippen LogP contribution in [0, 0.1) is 5.92 Å². The van der Waals surface area contributed by atoms with E-state index in [2.05, 4.69) is 34.5 Å². The number of ether oxygens (including phenoxy) is 2. The van der Waals surface area contributed by atoms with Gasteiger partial charge in [-0.15, -0.1) is 10.2 Å². The molecule has 10 nitrogen and oxygen atoms in total. The van der Waals surface area contributed by atoms with E-state index >= 15 is 0 Å². The molecule has 0 aliphatic rings. The summed E-state index contributed by atoms with van der Waals surface area (Å²) in [6.07, 6.45) is 0.623. The number of rotatable bonds is 12. The summed E-state index contributed by atoms with van der Waals surface area (Å²) in [5, 5.41) is 14.5. The smallest absolute Gasteiger partial charge is 0.335 e. The van der Waals surface area contributed by atoms with E-state index in [0.29, 0.717) is 23.9 Å². The van der Waals surface area contributed by atoms with Gasteiger partial charge in [-0.05, 0) is 46.2 Å². The lowest BCUT2D eigenvalue weighted by Crippen LogP contribution is -2.32. The number of nitrogens with zero attached hydrogens (tertiary/aromatic N) is 5. The third-order valence-electron chi connectivity index (χ3n) is 7.46. The fourth-order valence-corrected chi connectivity index (χ4v) is 5.29. The summed E-state index contributed by atoms with van der Waals surface area (Å²) in [5.74, 6) is 0.575. The number of aromatic nitrogens is 6. The highest BCUT2D eigenvalue weighted by molar-refractivity contribution is 5.82. The Bertz CT molecular complexity index is 1700. The average Bonchev–Trinajstić information content (AvgIpc) is 3.65. The first-order valence-corrected chi connectivity index (χ1v) is 14.3. The van der Waals surface area contributed by atoms with Crippen molar-refractivity contribution in [2.45, 2.75) is 45.9 Å². The van der Waals surface area contributed by atoms with Crippen molar-refractivity contribution < 1.29 is 14.3 Å². The lowest BCUT2D eigenvalue weighted by Gasteiger charge is -2.18. The summed E-state index contributed by atoms with van der Waals surface area (Å²) in [4.78, 5) is 27.8. The second-order valence-electron chi connectivity index (χ2n) is 10.8. The quantitative estimate of drug-likeness (QED) is 0.199. The fraction of sp³-hybridized carbons (Fsp3) is 0.303. The van der Waals surface area contributed by atoms with Gasteiger partial charge in [0.25, 0.3) is 0 Å². The molecule has 1 N–H and O–H groups in total. The molecule has 5 aromatic rings. The highest BCUT2D eigenvalue weighted by Crippen LogP contribution is 2.30. The van der Waals surface area contributed by atoms with E-state index in [1.807, 2.05) is 78.9 Å². The van der Waals surface area contributed by atoms with Gasteiger partial charge in [0, 0.05) is 25.5 Å². The minimum absolute atomic E-state index is 0.0794. The van der Waals surface area contributed by atoms with Gasteiger partial charge in [0.2, 0.25) is 18.0 Å². The van der Waals surface area contributed by atoms with Crippen molar-refractivity contribution in [3.8, 4) is 22.5 Å². The Labute approximate surface area is 250 Å². The Morgan fingerprint density at radius 3 is 2.19 bits per heavy atom. The Morgan fingerprint density at radius 1 is 0.884 bits per heavy atom. The zero-order chi connectivity index (χ0) is 30.3. The van der Waals surface area contributed by atoms with Gasteiger partial charge in [-0.3, -0.25) is 9.36 Å². The van der Waals surface area contributed by atoms with Crippen LogP contribution in [0.2, 0.25) is 0 Å². The fourth-order valence-electron chi connectivity index (χ4n) is 5.29. The summed E-state index contributed by atoms with van der Waals surface area (Å²) in [6.45, 7) is 4.56. The van der Waals surface area contributed by atoms with E-state index in [0.717, 1.165) is 39.9 Å². The number of aromatic amines is 1. The molecule has 0 radical (unpaired) electrons. The molecule has 0 amide bonds. The molecular formula is C33H36N6O4. The third kappa shape index (κ3) is 6.55. The molecule has 0 fully saturated rings. The van der Waals surface area contributed by atoms with Gasteiger partial charge in [0.1, 0.15) is 5.69 Å². The molecule has 0 saturated heterocycles. The Balaban J connectivity index is 1.55. The summed E-state index contributed by atoms with van der Waals surface area (Å²) in [7, 11) is 3.03. The van der Waals surface area contributed by atoms with Crippen LogP contribution in [0.25, 0.3) is 22.5 Å². The molecule has 10 heteroatoms. The van der Waals surface area contributed by atoms with Gasteiger partial charge < -0.3 is 9.47 Å². The molecule has 0 unspecified atom stereocenters. The first kappa shape index (κ1) is 29.8. The Hall–Kier alpha value is -4.67. The molecule has 0 spiro atoms. The Morgan fingerprint density at radius 2 is 1.56 bits per heavy atom. The third-order valence-corrected chi connectivity index (χ3v) is 7.46. The number of nitrogens with one attached hydrogen (secondary N) is 1. The standard InChI is InChI=1S/C33H36N6O4/c1-22(2)14-19-28-30(32(42-3)43-4)39(29(40)20-23-10-6-5-7-11-23)33(41)38(28)21-24-15-17-25(18-16-24)26-12-8-9-13-27(26)31-34-36-37-35-31/h5-13,15-18,22,32H,14,19-21H2,1-4H3,(H,34,35,36,37). The van der Waals surface area contributed by atoms with Crippen LogP contribution in [-0.4, -0.2) is 49.9 Å². The maximum Gasteiger partial charge on any atom is 0.335 e. The minimum atomic E-state index is -0.875. The first-order valence-electron chi connectivity index (χ1n) is 14.3. The maximum atomic E-state index is 14.1. The van der Waals surface area contributed by atoms with Crippen LogP contribution in [0.5, 0.6) is 0 Å². The van der Waals surface area contributed by atoms with Gasteiger partial charge >= 0.3 is 5.69 Å². The maximum absolute atomic E-state index is 14.1. The van der Waals surface area contributed by atoms with Crippen LogP contribution >= 0.6 is 0 Å². The monoisotopic (exact) mass is 580 g/mol. The molecule has 3 aromatic carbocycles. The minimum Gasteiger partial charge on any atom is -0.350 e. The van der Waals surface area contributed by atoms with Crippen molar-refractivity contribution in [1.82, 2.24) is 29.8 Å². The van der Waals surface area contributed by atoms with Crippen molar-refractivity contribution in [3.05, 3.63) is 112 Å². The van der Waals surface area contributed by atoms with Gasteiger partial charge in [-0.1, -0.05) is 92.7 Å². The molecule has 0 atom stereocenters. The highest BCUT2D eigenvalue weighted by atomic mass is 16.7. The number of benzene rings is 3. The number of carbonyl (C=O) groups excluding carboxylic acids is 1. The number of methoxy groups -OCH3 is 2. The average molecular weight is 581 g/mol. The number of imidazole rings is 1. The normalized spacial score (nSPS) is 11.5. The number of hydrogen-bond donors (Lipinski definition) is 1. The molecule has 5 rings (SSSR count). The molecule has 0 saturated carbocycles. The molecule has 222 valence electrons. The largest absolute Gasteiger partial charge is 0.350 e. The lowest BCUT2D eigenvalue weighted by atomic mass is 9.98. The van der Waals surface area contributed by atoms with Crippen molar-refractivity contribution >= 4 is 5.91 Å². The van der Waals surface area contributed by atoms with Gasteiger partial charge in [0.15, 0.2) is 0 Å². The molecule has 0 aliphatic heterocycles. The van der Waals surface area contributed by atoms with Crippen LogP contribution in [-0.2, 0) is 28.9 Å². The van der Waals surface area contributed by atoms with Crippen LogP contribution < -0.4 is 5.69 Å².